The zero-order valence-corrected chi connectivity index (χ0v) is 9.66. The number of aldehydes is 1. The van der Waals surface area contributed by atoms with Crippen LogP contribution in [0.25, 0.3) is 0 Å². The molecule has 86 valence electrons. The highest BCUT2D eigenvalue weighted by molar-refractivity contribution is 5.90. The van der Waals surface area contributed by atoms with Crippen molar-refractivity contribution in [3.63, 3.8) is 0 Å². The minimum absolute atomic E-state index is 0.308. The second-order valence-electron chi connectivity index (χ2n) is 3.70. The van der Waals surface area contributed by atoms with Crippen molar-refractivity contribution in [2.45, 2.75) is 26.2 Å². The second kappa shape index (κ2) is 6.05. The van der Waals surface area contributed by atoms with E-state index in [1.54, 1.807) is 6.07 Å². The molecule has 0 N–H and O–H groups in total. The van der Waals surface area contributed by atoms with Crippen LogP contribution in [0.3, 0.4) is 0 Å². The standard InChI is InChI=1S/C13H16O3/c1-10-9-11(5-3-4-8-14)6-7-12(10)13(15)16-2/h6-9H,3-5H2,1-2H3. The van der Waals surface area contributed by atoms with Gasteiger partial charge < -0.3 is 9.53 Å². The highest BCUT2D eigenvalue weighted by Gasteiger charge is 2.08. The predicted octanol–water partition coefficient (Wildman–Crippen LogP) is 2.30. The summed E-state index contributed by atoms with van der Waals surface area (Å²) in [7, 11) is 1.37. The number of esters is 1. The fraction of sp³-hybridized carbons (Fsp3) is 0.385. The van der Waals surface area contributed by atoms with Crippen LogP contribution in [0.1, 0.15) is 34.3 Å². The predicted molar refractivity (Wildman–Crippen MR) is 61.5 cm³/mol. The zero-order chi connectivity index (χ0) is 12.0. The zero-order valence-electron chi connectivity index (χ0n) is 9.66. The molecule has 0 aliphatic heterocycles. The third-order valence-electron chi connectivity index (χ3n) is 2.48. The van der Waals surface area contributed by atoms with Crippen LogP contribution in [0.15, 0.2) is 18.2 Å². The van der Waals surface area contributed by atoms with Crippen LogP contribution in [-0.4, -0.2) is 19.4 Å². The summed E-state index contributed by atoms with van der Waals surface area (Å²) in [5, 5.41) is 0. The Hall–Kier alpha value is -1.64. The summed E-state index contributed by atoms with van der Waals surface area (Å²) in [5.74, 6) is -0.308. The van der Waals surface area contributed by atoms with Gasteiger partial charge in [-0.1, -0.05) is 12.1 Å². The van der Waals surface area contributed by atoms with Crippen LogP contribution in [0.4, 0.5) is 0 Å². The molecule has 0 spiro atoms. The normalized spacial score (nSPS) is 9.88. The van der Waals surface area contributed by atoms with Crippen LogP contribution in [-0.2, 0) is 16.0 Å². The van der Waals surface area contributed by atoms with Crippen molar-refractivity contribution < 1.29 is 14.3 Å². The van der Waals surface area contributed by atoms with Crippen molar-refractivity contribution in [1.29, 1.82) is 0 Å². The molecule has 0 bridgehead atoms. The number of hydrogen-bond acceptors (Lipinski definition) is 3. The first-order valence-electron chi connectivity index (χ1n) is 5.30. The van der Waals surface area contributed by atoms with Gasteiger partial charge in [0, 0.05) is 6.42 Å². The van der Waals surface area contributed by atoms with Gasteiger partial charge in [0.15, 0.2) is 0 Å². The van der Waals surface area contributed by atoms with Gasteiger partial charge in [0.1, 0.15) is 6.29 Å². The molecule has 0 amide bonds. The number of rotatable bonds is 5. The maximum atomic E-state index is 11.3. The second-order valence-corrected chi connectivity index (χ2v) is 3.70. The molecule has 1 aromatic rings. The van der Waals surface area contributed by atoms with Gasteiger partial charge in [0.25, 0.3) is 0 Å². The molecule has 0 saturated carbocycles. The molecule has 3 heteroatoms. The molecular weight excluding hydrogens is 204 g/mol. The molecule has 0 aromatic heterocycles. The van der Waals surface area contributed by atoms with E-state index in [4.69, 9.17) is 0 Å². The first-order chi connectivity index (χ1) is 7.69. The maximum Gasteiger partial charge on any atom is 0.338 e. The van der Waals surface area contributed by atoms with Crippen molar-refractivity contribution in [2.75, 3.05) is 7.11 Å². The summed E-state index contributed by atoms with van der Waals surface area (Å²) in [6.07, 6.45) is 3.22. The summed E-state index contributed by atoms with van der Waals surface area (Å²) in [5.41, 5.74) is 2.66. The summed E-state index contributed by atoms with van der Waals surface area (Å²) < 4.78 is 4.67. The van der Waals surface area contributed by atoms with Gasteiger partial charge in [-0.25, -0.2) is 4.79 Å². The van der Waals surface area contributed by atoms with Crippen molar-refractivity contribution in [1.82, 2.24) is 0 Å². The van der Waals surface area contributed by atoms with E-state index in [1.807, 2.05) is 19.1 Å². The van der Waals surface area contributed by atoms with E-state index >= 15 is 0 Å². The molecule has 0 aliphatic carbocycles. The van der Waals surface area contributed by atoms with E-state index < -0.39 is 0 Å². The lowest BCUT2D eigenvalue weighted by Gasteiger charge is -2.06. The molecule has 0 saturated heterocycles. The Bertz CT molecular complexity index is 383. The Morgan fingerprint density at radius 2 is 2.19 bits per heavy atom. The van der Waals surface area contributed by atoms with E-state index in [-0.39, 0.29) is 5.97 Å². The van der Waals surface area contributed by atoms with Crippen molar-refractivity contribution in [3.05, 3.63) is 34.9 Å². The Morgan fingerprint density at radius 3 is 2.75 bits per heavy atom. The molecule has 0 aliphatic rings. The van der Waals surface area contributed by atoms with Gasteiger partial charge in [0.05, 0.1) is 12.7 Å². The van der Waals surface area contributed by atoms with Crippen LogP contribution in [0.5, 0.6) is 0 Å². The van der Waals surface area contributed by atoms with Crippen molar-refractivity contribution in [2.24, 2.45) is 0 Å². The Morgan fingerprint density at radius 1 is 1.44 bits per heavy atom. The lowest BCUT2D eigenvalue weighted by Crippen LogP contribution is -2.04. The summed E-state index contributed by atoms with van der Waals surface area (Å²) in [4.78, 5) is 21.5. The minimum Gasteiger partial charge on any atom is -0.465 e. The molecule has 1 aromatic carbocycles. The summed E-state index contributed by atoms with van der Waals surface area (Å²) in [6, 6.07) is 5.65. The molecule has 0 heterocycles. The van der Waals surface area contributed by atoms with Crippen molar-refractivity contribution in [3.8, 4) is 0 Å². The van der Waals surface area contributed by atoms with Gasteiger partial charge in [-0.2, -0.15) is 0 Å². The number of benzene rings is 1. The van der Waals surface area contributed by atoms with Gasteiger partial charge in [0.2, 0.25) is 0 Å². The van der Waals surface area contributed by atoms with E-state index in [0.29, 0.717) is 12.0 Å². The monoisotopic (exact) mass is 220 g/mol. The number of methoxy groups -OCH3 is 1. The third kappa shape index (κ3) is 3.19. The Kier molecular flexibility index (Phi) is 4.70. The lowest BCUT2D eigenvalue weighted by molar-refractivity contribution is -0.107. The first-order valence-corrected chi connectivity index (χ1v) is 5.30. The first kappa shape index (κ1) is 12.4. The van der Waals surface area contributed by atoms with Crippen LogP contribution >= 0.6 is 0 Å². The molecule has 0 fully saturated rings. The topological polar surface area (TPSA) is 43.4 Å². The minimum atomic E-state index is -0.308. The average Bonchev–Trinajstić information content (AvgIpc) is 2.29. The Labute approximate surface area is 95.4 Å². The largest absolute Gasteiger partial charge is 0.465 e. The molecule has 0 atom stereocenters. The number of carbonyl (C=O) groups is 2. The maximum absolute atomic E-state index is 11.3. The number of aryl methyl sites for hydroxylation is 2. The van der Waals surface area contributed by atoms with Gasteiger partial charge in [-0.3, -0.25) is 0 Å². The molecular formula is C13H16O3. The lowest BCUT2D eigenvalue weighted by atomic mass is 10.0. The highest BCUT2D eigenvalue weighted by atomic mass is 16.5. The molecule has 1 rings (SSSR count). The smallest absolute Gasteiger partial charge is 0.338 e. The number of ether oxygens (including phenoxy) is 1. The fourth-order valence-electron chi connectivity index (χ4n) is 1.61. The van der Waals surface area contributed by atoms with E-state index in [2.05, 4.69) is 4.74 Å². The SMILES string of the molecule is COC(=O)c1ccc(CCCC=O)cc1C. The average molecular weight is 220 g/mol. The number of unbranched alkanes of at least 4 members (excludes halogenated alkanes) is 1. The van der Waals surface area contributed by atoms with E-state index in [9.17, 15) is 9.59 Å². The van der Waals surface area contributed by atoms with Crippen LogP contribution in [0.2, 0.25) is 0 Å². The van der Waals surface area contributed by atoms with Gasteiger partial charge in [-0.15, -0.1) is 0 Å². The van der Waals surface area contributed by atoms with Crippen LogP contribution < -0.4 is 0 Å². The quantitative estimate of drug-likeness (QED) is 0.434. The van der Waals surface area contributed by atoms with Crippen LogP contribution in [0, 0.1) is 6.92 Å². The third-order valence-corrected chi connectivity index (χ3v) is 2.48. The van der Waals surface area contributed by atoms with E-state index in [0.717, 1.165) is 30.3 Å². The highest BCUT2D eigenvalue weighted by Crippen LogP contribution is 2.13. The Balaban J connectivity index is 2.74. The van der Waals surface area contributed by atoms with E-state index in [1.165, 1.54) is 7.11 Å². The molecule has 0 radical (unpaired) electrons. The fourth-order valence-corrected chi connectivity index (χ4v) is 1.61. The summed E-state index contributed by atoms with van der Waals surface area (Å²) >= 11 is 0. The number of carbonyl (C=O) groups excluding carboxylic acids is 2. The molecule has 3 nitrogen and oxygen atoms in total. The molecule has 0 unspecified atom stereocenters. The molecule has 16 heavy (non-hydrogen) atoms. The van der Waals surface area contributed by atoms with Crippen molar-refractivity contribution >= 4 is 12.3 Å². The summed E-state index contributed by atoms with van der Waals surface area (Å²) in [6.45, 7) is 1.88. The van der Waals surface area contributed by atoms with Gasteiger partial charge >= 0.3 is 5.97 Å². The van der Waals surface area contributed by atoms with Gasteiger partial charge in [-0.05, 0) is 37.0 Å². The number of hydrogen-bond donors (Lipinski definition) is 0.